The van der Waals surface area contributed by atoms with Crippen LogP contribution < -0.4 is 5.32 Å². The SMILES string of the molecule is CCCC(=O)NC1C(=O)N2C(C(=O)OCc3ccc([N+](=O)[O-])cc3)C(COC(C)=O)=CS[C@H]12. The van der Waals surface area contributed by atoms with Gasteiger partial charge in [-0.05, 0) is 29.5 Å². The number of fused-ring (bicyclic) bond motifs is 1. The van der Waals surface area contributed by atoms with E-state index in [-0.39, 0.29) is 31.2 Å². The largest absolute Gasteiger partial charge is 0.461 e. The molecule has 176 valence electrons. The van der Waals surface area contributed by atoms with Crippen LogP contribution in [0.2, 0.25) is 0 Å². The Morgan fingerprint density at radius 1 is 1.18 bits per heavy atom. The van der Waals surface area contributed by atoms with E-state index in [9.17, 15) is 29.3 Å². The Bertz CT molecular complexity index is 994. The molecule has 1 aromatic carbocycles. The number of rotatable bonds is 9. The highest BCUT2D eigenvalue weighted by molar-refractivity contribution is 8.02. The number of benzene rings is 1. The first kappa shape index (κ1) is 24.2. The molecule has 1 fully saturated rings. The van der Waals surface area contributed by atoms with Crippen molar-refractivity contribution < 1.29 is 33.6 Å². The summed E-state index contributed by atoms with van der Waals surface area (Å²) in [6, 6.07) is 3.66. The summed E-state index contributed by atoms with van der Waals surface area (Å²) >= 11 is 1.25. The molecule has 11 nitrogen and oxygen atoms in total. The number of carbonyl (C=O) groups is 4. The number of nitro benzene ring substituents is 1. The Morgan fingerprint density at radius 3 is 2.48 bits per heavy atom. The van der Waals surface area contributed by atoms with E-state index >= 15 is 0 Å². The van der Waals surface area contributed by atoms with Gasteiger partial charge in [-0.1, -0.05) is 6.92 Å². The van der Waals surface area contributed by atoms with Gasteiger partial charge in [-0.2, -0.15) is 0 Å². The molecule has 3 rings (SSSR count). The predicted molar refractivity (Wildman–Crippen MR) is 116 cm³/mol. The minimum Gasteiger partial charge on any atom is -0.461 e. The average molecular weight is 477 g/mol. The highest BCUT2D eigenvalue weighted by Gasteiger charge is 2.56. The number of ether oxygens (including phenoxy) is 2. The normalized spacial score (nSPS) is 21.3. The number of nitro groups is 1. The van der Waals surface area contributed by atoms with Crippen molar-refractivity contribution in [3.8, 4) is 0 Å². The summed E-state index contributed by atoms with van der Waals surface area (Å²) in [5.41, 5.74) is 0.818. The monoisotopic (exact) mass is 477 g/mol. The van der Waals surface area contributed by atoms with Crippen LogP contribution in [0.5, 0.6) is 0 Å². The zero-order valence-corrected chi connectivity index (χ0v) is 18.8. The number of amides is 2. The topological polar surface area (TPSA) is 145 Å². The number of nitrogens with one attached hydrogen (secondary N) is 1. The molecule has 0 aromatic heterocycles. The smallest absolute Gasteiger partial charge is 0.333 e. The summed E-state index contributed by atoms with van der Waals surface area (Å²) in [7, 11) is 0. The second-order valence-corrected chi connectivity index (χ2v) is 8.47. The molecule has 12 heteroatoms. The van der Waals surface area contributed by atoms with E-state index in [0.717, 1.165) is 0 Å². The third-order valence-electron chi connectivity index (χ3n) is 5.06. The van der Waals surface area contributed by atoms with Crippen LogP contribution in [0, 0.1) is 10.1 Å². The van der Waals surface area contributed by atoms with Gasteiger partial charge in [-0.25, -0.2) is 4.79 Å². The van der Waals surface area contributed by atoms with Crippen molar-refractivity contribution in [1.82, 2.24) is 10.2 Å². The zero-order chi connectivity index (χ0) is 24.1. The van der Waals surface area contributed by atoms with Crippen LogP contribution in [0.4, 0.5) is 5.69 Å². The highest BCUT2D eigenvalue weighted by atomic mass is 32.2. The maximum Gasteiger partial charge on any atom is 0.333 e. The lowest BCUT2D eigenvalue weighted by molar-refractivity contribution is -0.384. The van der Waals surface area contributed by atoms with E-state index in [2.05, 4.69) is 5.32 Å². The number of hydrogen-bond donors (Lipinski definition) is 1. The molecule has 0 saturated carbocycles. The molecule has 1 aromatic rings. The summed E-state index contributed by atoms with van der Waals surface area (Å²) in [6.07, 6.45) is 0.924. The maximum absolute atomic E-state index is 13.0. The number of thioether (sulfide) groups is 1. The molecule has 2 unspecified atom stereocenters. The van der Waals surface area contributed by atoms with Crippen molar-refractivity contribution in [3.05, 3.63) is 50.9 Å². The second-order valence-electron chi connectivity index (χ2n) is 7.47. The molecule has 2 heterocycles. The van der Waals surface area contributed by atoms with Gasteiger partial charge in [0.15, 0.2) is 6.04 Å². The van der Waals surface area contributed by atoms with Gasteiger partial charge in [0.05, 0.1) is 4.92 Å². The Kier molecular flexibility index (Phi) is 7.69. The standard InChI is InChI=1S/C21H23N3O8S/c1-3-4-16(26)22-17-19(27)23-18(14(10-31-12(2)25)11-33-20(17)23)21(28)32-9-13-5-7-15(8-6-13)24(29)30/h5-8,11,17-18,20H,3-4,9-10H2,1-2H3,(H,22,26)/t17?,18?,20-/m1/s1. The first-order valence-corrected chi connectivity index (χ1v) is 11.2. The van der Waals surface area contributed by atoms with Gasteiger partial charge in [-0.3, -0.25) is 24.5 Å². The van der Waals surface area contributed by atoms with Gasteiger partial charge >= 0.3 is 11.9 Å². The molecule has 3 atom stereocenters. The van der Waals surface area contributed by atoms with E-state index in [1.54, 1.807) is 5.41 Å². The van der Waals surface area contributed by atoms with Gasteiger partial charge in [0.25, 0.3) is 5.69 Å². The quantitative estimate of drug-likeness (QED) is 0.243. The number of nitrogens with zero attached hydrogens (tertiary/aromatic N) is 2. The summed E-state index contributed by atoms with van der Waals surface area (Å²) in [4.78, 5) is 60.5. The molecular weight excluding hydrogens is 454 g/mol. The summed E-state index contributed by atoms with van der Waals surface area (Å²) < 4.78 is 10.4. The van der Waals surface area contributed by atoms with E-state index < -0.39 is 40.2 Å². The van der Waals surface area contributed by atoms with Crippen LogP contribution in [0.1, 0.15) is 32.3 Å². The van der Waals surface area contributed by atoms with Crippen molar-refractivity contribution in [2.24, 2.45) is 0 Å². The third kappa shape index (κ3) is 5.51. The molecule has 2 amide bonds. The number of carbonyl (C=O) groups excluding carboxylic acids is 4. The van der Waals surface area contributed by atoms with Crippen LogP contribution >= 0.6 is 11.8 Å². The van der Waals surface area contributed by atoms with Gasteiger partial charge in [-0.15, -0.1) is 11.8 Å². The molecule has 2 aliphatic heterocycles. The molecule has 0 aliphatic carbocycles. The van der Waals surface area contributed by atoms with Crippen LogP contribution in [0.15, 0.2) is 35.2 Å². The lowest BCUT2D eigenvalue weighted by Crippen LogP contribution is -2.74. The Morgan fingerprint density at radius 2 is 1.88 bits per heavy atom. The average Bonchev–Trinajstić information content (AvgIpc) is 2.79. The summed E-state index contributed by atoms with van der Waals surface area (Å²) in [5, 5.41) is 14.6. The number of non-ortho nitro benzene ring substituents is 1. The van der Waals surface area contributed by atoms with Gasteiger partial charge in [0.2, 0.25) is 11.8 Å². The molecule has 0 spiro atoms. The molecule has 1 N–H and O–H groups in total. The van der Waals surface area contributed by atoms with E-state index in [1.807, 2.05) is 6.92 Å². The summed E-state index contributed by atoms with van der Waals surface area (Å²) in [6.45, 7) is 2.73. The first-order valence-electron chi connectivity index (χ1n) is 10.2. The van der Waals surface area contributed by atoms with Gasteiger partial charge in [0, 0.05) is 31.1 Å². The Hall–Kier alpha value is -3.41. The van der Waals surface area contributed by atoms with Crippen LogP contribution in [0.25, 0.3) is 0 Å². The Labute approximate surface area is 193 Å². The number of hydrogen-bond acceptors (Lipinski definition) is 9. The lowest BCUT2D eigenvalue weighted by Gasteiger charge is -2.51. The van der Waals surface area contributed by atoms with Crippen LogP contribution in [-0.4, -0.2) is 57.6 Å². The van der Waals surface area contributed by atoms with E-state index in [0.29, 0.717) is 17.6 Å². The van der Waals surface area contributed by atoms with Crippen molar-refractivity contribution in [2.75, 3.05) is 6.61 Å². The van der Waals surface area contributed by atoms with Crippen LogP contribution in [-0.2, 0) is 35.3 Å². The fourth-order valence-electron chi connectivity index (χ4n) is 3.42. The third-order valence-corrected chi connectivity index (χ3v) is 6.27. The first-order chi connectivity index (χ1) is 15.7. The van der Waals surface area contributed by atoms with Gasteiger partial charge in [0.1, 0.15) is 24.6 Å². The van der Waals surface area contributed by atoms with Crippen LogP contribution in [0.3, 0.4) is 0 Å². The molecule has 0 radical (unpaired) electrons. The molecule has 2 aliphatic rings. The molecule has 33 heavy (non-hydrogen) atoms. The lowest BCUT2D eigenvalue weighted by atomic mass is 9.98. The molecular formula is C21H23N3O8S. The summed E-state index contributed by atoms with van der Waals surface area (Å²) in [5.74, 6) is -1.95. The highest BCUT2D eigenvalue weighted by Crippen LogP contribution is 2.40. The van der Waals surface area contributed by atoms with Crippen molar-refractivity contribution in [1.29, 1.82) is 0 Å². The molecule has 0 bridgehead atoms. The molecule has 1 saturated heterocycles. The van der Waals surface area contributed by atoms with Gasteiger partial charge < -0.3 is 19.7 Å². The van der Waals surface area contributed by atoms with Crippen molar-refractivity contribution in [2.45, 2.75) is 50.8 Å². The van der Waals surface area contributed by atoms with E-state index in [4.69, 9.17) is 9.47 Å². The number of β-lactam (4-membered cyclic amide) rings is 1. The zero-order valence-electron chi connectivity index (χ0n) is 18.0. The second kappa shape index (κ2) is 10.5. The maximum atomic E-state index is 13.0. The Balaban J connectivity index is 1.73. The van der Waals surface area contributed by atoms with Crippen molar-refractivity contribution >= 4 is 41.2 Å². The fraction of sp³-hybridized carbons (Fsp3) is 0.429. The van der Waals surface area contributed by atoms with E-state index in [1.165, 1.54) is 47.9 Å². The minimum atomic E-state index is -1.11. The predicted octanol–water partition coefficient (Wildman–Crippen LogP) is 1.65. The number of esters is 2. The van der Waals surface area contributed by atoms with Crippen molar-refractivity contribution in [3.63, 3.8) is 0 Å². The fourth-order valence-corrected chi connectivity index (χ4v) is 4.63. The minimum absolute atomic E-state index is 0.0915.